The van der Waals surface area contributed by atoms with Gasteiger partial charge in [0, 0.05) is 12.6 Å². The average Bonchev–Trinajstić information content (AvgIpc) is 2.62. The first-order valence-corrected chi connectivity index (χ1v) is 7.74. The molecule has 0 saturated heterocycles. The Morgan fingerprint density at radius 1 is 1.04 bits per heavy atom. The fraction of sp³-hybridized carbons (Fsp3) is 0.100. The van der Waals surface area contributed by atoms with Gasteiger partial charge in [-0.15, -0.1) is 0 Å². The molecule has 0 atom stereocenters. The maximum Gasteiger partial charge on any atom is 0.244 e. The first-order valence-electron chi connectivity index (χ1n) is 7.74. The fourth-order valence-electron chi connectivity index (χ4n) is 2.41. The molecule has 0 radical (unpaired) electrons. The molecule has 1 amide bonds. The number of carbonyl (C=O) groups excluding carboxylic acids is 1. The Labute approximate surface area is 139 Å². The molecule has 1 N–H and O–H groups in total. The second-order valence-corrected chi connectivity index (χ2v) is 5.38. The zero-order chi connectivity index (χ0) is 16.8. The normalized spacial score (nSPS) is 11.0. The molecule has 0 aliphatic rings. The lowest BCUT2D eigenvalue weighted by Crippen LogP contribution is -2.23. The second kappa shape index (κ2) is 7.42. The van der Waals surface area contributed by atoms with Crippen molar-refractivity contribution < 1.29 is 9.21 Å². The van der Waals surface area contributed by atoms with Crippen molar-refractivity contribution in [2.75, 3.05) is 6.54 Å². The largest absolute Gasteiger partial charge is 0.463 e. The second-order valence-electron chi connectivity index (χ2n) is 5.38. The molecule has 0 bridgehead atoms. The lowest BCUT2D eigenvalue weighted by atomic mass is 10.1. The van der Waals surface area contributed by atoms with Crippen molar-refractivity contribution in [1.82, 2.24) is 5.32 Å². The Balaban J connectivity index is 1.62. The highest BCUT2D eigenvalue weighted by Gasteiger charge is 2.04. The molecule has 1 aromatic heterocycles. The maximum atomic E-state index is 12.3. The SMILES string of the molecule is O=C(/C=C/c1coc2ccccc2c1=O)NCCc1ccccc1. The van der Waals surface area contributed by atoms with Crippen LogP contribution in [-0.4, -0.2) is 12.5 Å². The molecule has 3 aromatic rings. The Bertz CT molecular complexity index is 926. The number of hydrogen-bond donors (Lipinski definition) is 1. The van der Waals surface area contributed by atoms with Crippen LogP contribution in [0.5, 0.6) is 0 Å². The summed E-state index contributed by atoms with van der Waals surface area (Å²) in [5.74, 6) is -0.238. The van der Waals surface area contributed by atoms with Crippen LogP contribution in [0.15, 0.2) is 76.1 Å². The number of carbonyl (C=O) groups is 1. The Morgan fingerprint density at radius 3 is 2.62 bits per heavy atom. The van der Waals surface area contributed by atoms with Gasteiger partial charge in [-0.25, -0.2) is 0 Å². The van der Waals surface area contributed by atoms with Gasteiger partial charge in [-0.2, -0.15) is 0 Å². The van der Waals surface area contributed by atoms with E-state index in [1.807, 2.05) is 30.3 Å². The predicted octanol–water partition coefficient (Wildman–Crippen LogP) is 3.17. The van der Waals surface area contributed by atoms with Crippen LogP contribution in [0.25, 0.3) is 17.0 Å². The Hall–Kier alpha value is -3.14. The van der Waals surface area contributed by atoms with E-state index in [9.17, 15) is 9.59 Å². The molecule has 0 unspecified atom stereocenters. The minimum Gasteiger partial charge on any atom is -0.463 e. The smallest absolute Gasteiger partial charge is 0.244 e. The third kappa shape index (κ3) is 3.79. The molecule has 0 aliphatic carbocycles. The minimum absolute atomic E-state index is 0.148. The van der Waals surface area contributed by atoms with Crippen LogP contribution in [0, 0.1) is 0 Å². The molecule has 0 fully saturated rings. The summed E-state index contributed by atoms with van der Waals surface area (Å²) >= 11 is 0. The zero-order valence-corrected chi connectivity index (χ0v) is 13.1. The van der Waals surface area contributed by atoms with E-state index >= 15 is 0 Å². The van der Waals surface area contributed by atoms with Gasteiger partial charge in [0.1, 0.15) is 11.8 Å². The predicted molar refractivity (Wildman–Crippen MR) is 94.7 cm³/mol. The summed E-state index contributed by atoms with van der Waals surface area (Å²) in [6, 6.07) is 17.0. The van der Waals surface area contributed by atoms with Crippen molar-refractivity contribution in [3.63, 3.8) is 0 Å². The molecule has 24 heavy (non-hydrogen) atoms. The number of para-hydroxylation sites is 1. The summed E-state index contributed by atoms with van der Waals surface area (Å²) in [5.41, 5.74) is 1.90. The Kier molecular flexibility index (Phi) is 4.87. The molecule has 2 aromatic carbocycles. The zero-order valence-electron chi connectivity index (χ0n) is 13.1. The first-order chi connectivity index (χ1) is 11.7. The monoisotopic (exact) mass is 319 g/mol. The van der Waals surface area contributed by atoms with Crippen molar-refractivity contribution in [1.29, 1.82) is 0 Å². The van der Waals surface area contributed by atoms with E-state index in [1.54, 1.807) is 24.3 Å². The third-order valence-electron chi connectivity index (χ3n) is 3.68. The van der Waals surface area contributed by atoms with Crippen LogP contribution >= 0.6 is 0 Å². The van der Waals surface area contributed by atoms with Gasteiger partial charge in [-0.3, -0.25) is 9.59 Å². The van der Waals surface area contributed by atoms with E-state index in [-0.39, 0.29) is 11.3 Å². The van der Waals surface area contributed by atoms with Crippen LogP contribution in [0.1, 0.15) is 11.1 Å². The van der Waals surface area contributed by atoms with Gasteiger partial charge in [-0.1, -0.05) is 42.5 Å². The van der Waals surface area contributed by atoms with Crippen molar-refractivity contribution in [3.8, 4) is 0 Å². The molecule has 3 rings (SSSR count). The minimum atomic E-state index is -0.238. The highest BCUT2D eigenvalue weighted by Crippen LogP contribution is 2.11. The van der Waals surface area contributed by atoms with Crippen molar-refractivity contribution in [2.24, 2.45) is 0 Å². The lowest BCUT2D eigenvalue weighted by molar-refractivity contribution is -0.116. The number of fused-ring (bicyclic) bond motifs is 1. The number of benzene rings is 2. The van der Waals surface area contributed by atoms with Gasteiger partial charge in [0.15, 0.2) is 5.43 Å². The Morgan fingerprint density at radius 2 is 1.79 bits per heavy atom. The highest BCUT2D eigenvalue weighted by molar-refractivity contribution is 5.92. The topological polar surface area (TPSA) is 59.3 Å². The van der Waals surface area contributed by atoms with Crippen molar-refractivity contribution >= 4 is 23.0 Å². The summed E-state index contributed by atoms with van der Waals surface area (Å²) in [6.45, 7) is 0.541. The van der Waals surface area contributed by atoms with Gasteiger partial charge in [-0.05, 0) is 30.2 Å². The van der Waals surface area contributed by atoms with Crippen LogP contribution < -0.4 is 10.7 Å². The van der Waals surface area contributed by atoms with Gasteiger partial charge in [0.2, 0.25) is 5.91 Å². The van der Waals surface area contributed by atoms with Gasteiger partial charge < -0.3 is 9.73 Å². The first kappa shape index (κ1) is 15.7. The molecular weight excluding hydrogens is 302 g/mol. The number of hydrogen-bond acceptors (Lipinski definition) is 3. The van der Waals surface area contributed by atoms with Gasteiger partial charge >= 0.3 is 0 Å². The van der Waals surface area contributed by atoms with Crippen molar-refractivity contribution in [2.45, 2.75) is 6.42 Å². The molecule has 4 nitrogen and oxygen atoms in total. The number of nitrogens with one attached hydrogen (secondary N) is 1. The maximum absolute atomic E-state index is 12.3. The molecule has 0 spiro atoms. The number of rotatable bonds is 5. The molecule has 120 valence electrons. The summed E-state index contributed by atoms with van der Waals surface area (Å²) in [4.78, 5) is 24.1. The highest BCUT2D eigenvalue weighted by atomic mass is 16.3. The third-order valence-corrected chi connectivity index (χ3v) is 3.68. The van der Waals surface area contributed by atoms with E-state index in [0.717, 1.165) is 12.0 Å². The van der Waals surface area contributed by atoms with Crippen LogP contribution in [-0.2, 0) is 11.2 Å². The molecule has 1 heterocycles. The summed E-state index contributed by atoms with van der Waals surface area (Å²) in [7, 11) is 0. The molecule has 4 heteroatoms. The van der Waals surface area contributed by atoms with E-state index in [2.05, 4.69) is 5.32 Å². The van der Waals surface area contributed by atoms with E-state index in [0.29, 0.717) is 23.1 Å². The standard InChI is InChI=1S/C20H17NO3/c22-19(21-13-12-15-6-2-1-3-7-15)11-10-16-14-24-18-9-5-4-8-17(18)20(16)23/h1-11,14H,12-13H2,(H,21,22)/b11-10+. The molecule has 0 saturated carbocycles. The fourth-order valence-corrected chi connectivity index (χ4v) is 2.41. The van der Waals surface area contributed by atoms with Crippen molar-refractivity contribution in [3.05, 3.63) is 88.3 Å². The van der Waals surface area contributed by atoms with E-state index < -0.39 is 0 Å². The summed E-state index contributed by atoms with van der Waals surface area (Å²) in [5, 5.41) is 3.30. The summed E-state index contributed by atoms with van der Waals surface area (Å²) in [6.07, 6.45) is 4.97. The van der Waals surface area contributed by atoms with Crippen LogP contribution in [0.2, 0.25) is 0 Å². The van der Waals surface area contributed by atoms with Crippen LogP contribution in [0.4, 0.5) is 0 Å². The average molecular weight is 319 g/mol. The van der Waals surface area contributed by atoms with Gasteiger partial charge in [0.05, 0.1) is 10.9 Å². The molecular formula is C20H17NO3. The van der Waals surface area contributed by atoms with Gasteiger partial charge in [0.25, 0.3) is 0 Å². The van der Waals surface area contributed by atoms with E-state index in [4.69, 9.17) is 4.42 Å². The van der Waals surface area contributed by atoms with Crippen LogP contribution in [0.3, 0.4) is 0 Å². The summed E-state index contributed by atoms with van der Waals surface area (Å²) < 4.78 is 5.41. The molecule has 0 aliphatic heterocycles. The number of amides is 1. The van der Waals surface area contributed by atoms with E-state index in [1.165, 1.54) is 18.4 Å². The lowest BCUT2D eigenvalue weighted by Gasteiger charge is -2.02. The quantitative estimate of drug-likeness (QED) is 0.735.